The van der Waals surface area contributed by atoms with Crippen molar-refractivity contribution in [2.24, 2.45) is 0 Å². The second-order valence-corrected chi connectivity index (χ2v) is 8.10. The molecule has 1 aliphatic rings. The number of nitrogens with zero attached hydrogens (tertiary/aromatic N) is 7. The van der Waals surface area contributed by atoms with Crippen LogP contribution in [0.2, 0.25) is 0 Å². The number of nitro benzene ring substituents is 1. The van der Waals surface area contributed by atoms with E-state index in [2.05, 4.69) is 38.0 Å². The molecule has 0 amide bonds. The molecule has 3 heterocycles. The van der Waals surface area contributed by atoms with Crippen LogP contribution in [0.25, 0.3) is 11.4 Å². The lowest BCUT2D eigenvalue weighted by Gasteiger charge is -2.23. The zero-order valence-corrected chi connectivity index (χ0v) is 18.5. The Morgan fingerprint density at radius 2 is 1.74 bits per heavy atom. The minimum Gasteiger partial charge on any atom is -0.355 e. The quantitative estimate of drug-likeness (QED) is 0.423. The predicted molar refractivity (Wildman–Crippen MR) is 122 cm³/mol. The van der Waals surface area contributed by atoms with Crippen LogP contribution < -0.4 is 9.80 Å². The van der Waals surface area contributed by atoms with E-state index >= 15 is 0 Å². The lowest BCUT2D eigenvalue weighted by atomic mass is 10.2. The smallest absolute Gasteiger partial charge is 0.269 e. The first kappa shape index (κ1) is 21.1. The fraction of sp³-hybridized carbons (Fsp3) is 0.429. The molecule has 4 rings (SSSR count). The van der Waals surface area contributed by atoms with Gasteiger partial charge in [-0.2, -0.15) is 4.37 Å². The molecule has 0 atom stereocenters. The number of nitro groups is 1. The Balaban J connectivity index is 1.56. The normalized spacial score (nSPS) is 14.5. The minimum atomic E-state index is -0.400. The van der Waals surface area contributed by atoms with Gasteiger partial charge in [-0.15, -0.1) is 0 Å². The number of aromatic nitrogens is 4. The van der Waals surface area contributed by atoms with Crippen LogP contribution in [0.4, 0.5) is 16.6 Å². The van der Waals surface area contributed by atoms with Crippen molar-refractivity contribution in [1.82, 2.24) is 19.3 Å². The number of rotatable bonds is 6. The van der Waals surface area contributed by atoms with Crippen LogP contribution in [0.5, 0.6) is 0 Å². The molecule has 1 aromatic carbocycles. The van der Waals surface area contributed by atoms with E-state index in [0.717, 1.165) is 73.5 Å². The highest BCUT2D eigenvalue weighted by Gasteiger charge is 2.20. The molecule has 0 N–H and O–H groups in total. The SMILES string of the molecule is CCc1cc(N2CCCN(c3nc(CC)ns3)CC2)nc(-c2ccc([N+](=O)[O-])cc2)n1. The summed E-state index contributed by atoms with van der Waals surface area (Å²) in [5, 5.41) is 11.9. The van der Waals surface area contributed by atoms with Crippen molar-refractivity contribution in [2.75, 3.05) is 36.0 Å². The van der Waals surface area contributed by atoms with Gasteiger partial charge in [-0.3, -0.25) is 10.1 Å². The van der Waals surface area contributed by atoms with Gasteiger partial charge in [0.15, 0.2) is 5.82 Å². The van der Waals surface area contributed by atoms with E-state index < -0.39 is 4.92 Å². The van der Waals surface area contributed by atoms with Crippen molar-refractivity contribution in [3.05, 3.63) is 52.0 Å². The largest absolute Gasteiger partial charge is 0.355 e. The maximum absolute atomic E-state index is 10.9. The molecule has 0 bridgehead atoms. The van der Waals surface area contributed by atoms with E-state index in [4.69, 9.17) is 4.98 Å². The average Bonchev–Trinajstić information content (AvgIpc) is 3.15. The molecule has 0 radical (unpaired) electrons. The van der Waals surface area contributed by atoms with Gasteiger partial charge < -0.3 is 9.80 Å². The topological polar surface area (TPSA) is 101 Å². The third-order valence-corrected chi connectivity index (χ3v) is 6.14. The monoisotopic (exact) mass is 439 g/mol. The number of benzene rings is 1. The maximum Gasteiger partial charge on any atom is 0.269 e. The molecular formula is C21H25N7O2S. The Hall–Kier alpha value is -3.14. The van der Waals surface area contributed by atoms with Gasteiger partial charge in [0.1, 0.15) is 11.6 Å². The highest BCUT2D eigenvalue weighted by molar-refractivity contribution is 7.09. The van der Waals surface area contributed by atoms with E-state index in [9.17, 15) is 10.1 Å². The van der Waals surface area contributed by atoms with Crippen molar-refractivity contribution >= 4 is 28.2 Å². The lowest BCUT2D eigenvalue weighted by Crippen LogP contribution is -2.31. The molecule has 0 unspecified atom stereocenters. The van der Waals surface area contributed by atoms with Crippen LogP contribution in [-0.4, -0.2) is 50.4 Å². The van der Waals surface area contributed by atoms with Crippen molar-refractivity contribution in [1.29, 1.82) is 0 Å². The molecule has 10 heteroatoms. The first-order chi connectivity index (χ1) is 15.1. The molecule has 0 aliphatic carbocycles. The van der Waals surface area contributed by atoms with Crippen molar-refractivity contribution in [2.45, 2.75) is 33.1 Å². The zero-order chi connectivity index (χ0) is 21.8. The standard InChI is InChI=1S/C21H25N7O2S/c1-3-16-14-19(24-20(22-16)15-6-8-17(9-7-15)28(29)30)26-10-5-11-27(13-12-26)21-23-18(4-2)25-31-21/h6-9,14H,3-5,10-13H2,1-2H3. The molecule has 162 valence electrons. The van der Waals surface area contributed by atoms with Gasteiger partial charge in [0.2, 0.25) is 5.13 Å². The molecule has 1 saturated heterocycles. The van der Waals surface area contributed by atoms with Crippen molar-refractivity contribution < 1.29 is 4.92 Å². The molecule has 9 nitrogen and oxygen atoms in total. The van der Waals surface area contributed by atoms with Gasteiger partial charge in [-0.1, -0.05) is 13.8 Å². The van der Waals surface area contributed by atoms with Crippen LogP contribution in [0.15, 0.2) is 30.3 Å². The average molecular weight is 440 g/mol. The summed E-state index contributed by atoms with van der Waals surface area (Å²) < 4.78 is 4.42. The second kappa shape index (κ2) is 9.34. The summed E-state index contributed by atoms with van der Waals surface area (Å²) >= 11 is 1.47. The van der Waals surface area contributed by atoms with E-state index in [-0.39, 0.29) is 5.69 Å². The Morgan fingerprint density at radius 3 is 2.42 bits per heavy atom. The van der Waals surface area contributed by atoms with E-state index in [1.54, 1.807) is 12.1 Å². The summed E-state index contributed by atoms with van der Waals surface area (Å²) in [5.74, 6) is 2.40. The third kappa shape index (κ3) is 4.79. The zero-order valence-electron chi connectivity index (χ0n) is 17.7. The van der Waals surface area contributed by atoms with E-state index in [1.165, 1.54) is 23.7 Å². The summed E-state index contributed by atoms with van der Waals surface area (Å²) in [7, 11) is 0. The lowest BCUT2D eigenvalue weighted by molar-refractivity contribution is -0.384. The molecular weight excluding hydrogens is 414 g/mol. The summed E-state index contributed by atoms with van der Waals surface area (Å²) in [5.41, 5.74) is 1.79. The summed E-state index contributed by atoms with van der Waals surface area (Å²) in [6, 6.07) is 8.45. The van der Waals surface area contributed by atoms with Crippen LogP contribution in [0, 0.1) is 10.1 Å². The fourth-order valence-electron chi connectivity index (χ4n) is 3.54. The Kier molecular flexibility index (Phi) is 6.36. The molecule has 1 fully saturated rings. The van der Waals surface area contributed by atoms with Gasteiger partial charge in [0, 0.05) is 73.6 Å². The van der Waals surface area contributed by atoms with Gasteiger partial charge >= 0.3 is 0 Å². The molecule has 2 aromatic heterocycles. The molecule has 0 saturated carbocycles. The van der Waals surface area contributed by atoms with Gasteiger partial charge in [-0.05, 0) is 25.0 Å². The maximum atomic E-state index is 10.9. The Morgan fingerprint density at radius 1 is 1.00 bits per heavy atom. The highest BCUT2D eigenvalue weighted by atomic mass is 32.1. The number of non-ortho nitro benzene ring substituents is 1. The fourth-order valence-corrected chi connectivity index (χ4v) is 4.34. The van der Waals surface area contributed by atoms with E-state index in [1.807, 2.05) is 6.07 Å². The summed E-state index contributed by atoms with van der Waals surface area (Å²) in [4.78, 5) is 29.2. The Bertz CT molecular complexity index is 1050. The molecule has 1 aliphatic heterocycles. The third-order valence-electron chi connectivity index (χ3n) is 5.33. The van der Waals surface area contributed by atoms with Crippen LogP contribution in [-0.2, 0) is 12.8 Å². The highest BCUT2D eigenvalue weighted by Crippen LogP contribution is 2.25. The summed E-state index contributed by atoms with van der Waals surface area (Å²) in [6.07, 6.45) is 2.64. The minimum absolute atomic E-state index is 0.0612. The van der Waals surface area contributed by atoms with Gasteiger partial charge in [-0.25, -0.2) is 15.0 Å². The van der Waals surface area contributed by atoms with Crippen molar-refractivity contribution in [3.8, 4) is 11.4 Å². The molecule has 3 aromatic rings. The van der Waals surface area contributed by atoms with Crippen molar-refractivity contribution in [3.63, 3.8) is 0 Å². The van der Waals surface area contributed by atoms with Crippen LogP contribution in [0.3, 0.4) is 0 Å². The number of hydrogen-bond donors (Lipinski definition) is 0. The number of hydrogen-bond acceptors (Lipinski definition) is 9. The van der Waals surface area contributed by atoms with Gasteiger partial charge in [0.25, 0.3) is 5.69 Å². The van der Waals surface area contributed by atoms with Crippen LogP contribution >= 0.6 is 11.5 Å². The molecule has 31 heavy (non-hydrogen) atoms. The van der Waals surface area contributed by atoms with Crippen LogP contribution in [0.1, 0.15) is 31.8 Å². The Labute approximate surface area is 185 Å². The molecule has 0 spiro atoms. The van der Waals surface area contributed by atoms with Gasteiger partial charge in [0.05, 0.1) is 4.92 Å². The summed E-state index contributed by atoms with van der Waals surface area (Å²) in [6.45, 7) is 7.67. The van der Waals surface area contributed by atoms with E-state index in [0.29, 0.717) is 5.82 Å². The number of aryl methyl sites for hydroxylation is 2. The number of anilines is 2. The first-order valence-corrected chi connectivity index (χ1v) is 11.3. The first-order valence-electron chi connectivity index (χ1n) is 10.5. The predicted octanol–water partition coefficient (Wildman–Crippen LogP) is 3.74. The second-order valence-electron chi connectivity index (χ2n) is 7.37.